The number of alkyl halides is 3. The maximum Gasteiger partial charge on any atom is 0.417 e. The molecule has 0 amide bonds. The molecule has 1 aromatic carbocycles. The summed E-state index contributed by atoms with van der Waals surface area (Å²) in [5.41, 5.74) is -4.63. The number of hydrogen-bond donors (Lipinski definition) is 3. The molecule has 7 atom stereocenters. The van der Waals surface area contributed by atoms with Crippen molar-refractivity contribution < 1.29 is 33.2 Å². The van der Waals surface area contributed by atoms with Crippen LogP contribution in [0.25, 0.3) is 0 Å². The Kier molecular flexibility index (Phi) is 3.57. The van der Waals surface area contributed by atoms with Crippen LogP contribution < -0.4 is 4.74 Å². The molecule has 1 aromatic rings. The summed E-state index contributed by atoms with van der Waals surface area (Å²) in [4.78, 5) is 2.44. The van der Waals surface area contributed by atoms with Gasteiger partial charge in [-0.1, -0.05) is 18.2 Å². The Bertz CT molecular complexity index is 1100. The number of phenolic OH excluding ortho intramolecular Hbond substituents is 1. The summed E-state index contributed by atoms with van der Waals surface area (Å²) in [5.74, 6) is -0.599. The number of piperidine rings is 1. The van der Waals surface area contributed by atoms with Gasteiger partial charge in [0.15, 0.2) is 17.1 Å². The summed E-state index contributed by atoms with van der Waals surface area (Å²) in [7, 11) is 0. The molecule has 0 aromatic heterocycles. The third-order valence-electron chi connectivity index (χ3n) is 10.0. The number of aromatic hydroxyl groups is 1. The minimum Gasteiger partial charge on any atom is -0.504 e. The zero-order chi connectivity index (χ0) is 23.2. The predicted molar refractivity (Wildman–Crippen MR) is 112 cm³/mol. The number of fused-ring (bicyclic) bond motifs is 1. The third-order valence-corrected chi connectivity index (χ3v) is 10.0. The summed E-state index contributed by atoms with van der Waals surface area (Å²) >= 11 is 0. The number of nitrogens with zero attached hydrogens (tertiary/aromatic N) is 1. The molecule has 2 heterocycles. The Morgan fingerprint density at radius 2 is 1.97 bits per heavy atom. The Morgan fingerprint density at radius 3 is 2.67 bits per heavy atom. The fraction of sp³-hybridized carbons (Fsp3) is 0.680. The van der Waals surface area contributed by atoms with E-state index in [2.05, 4.69) is 4.90 Å². The fourth-order valence-corrected chi connectivity index (χ4v) is 8.33. The third kappa shape index (κ3) is 2.13. The van der Waals surface area contributed by atoms with E-state index in [1.165, 1.54) is 18.9 Å². The van der Waals surface area contributed by atoms with Gasteiger partial charge in [0.25, 0.3) is 0 Å². The number of rotatable bonds is 3. The second-order valence-electron chi connectivity index (χ2n) is 11.5. The molecule has 5 nitrogen and oxygen atoms in total. The SMILES string of the molecule is C[C@@](O)([C@H]1C[C@@]23C=C[C@]1(O)[C@@H]1Oc4c(O)ccc5c4[C@@]12CCN(CC1CC1)[C@@H]3C5)C(F)(F)F. The van der Waals surface area contributed by atoms with Crippen molar-refractivity contribution in [3.8, 4) is 11.5 Å². The molecule has 2 aliphatic heterocycles. The van der Waals surface area contributed by atoms with Crippen LogP contribution in [0.3, 0.4) is 0 Å². The number of phenols is 1. The highest BCUT2D eigenvalue weighted by atomic mass is 19.4. The lowest BCUT2D eigenvalue weighted by Crippen LogP contribution is -2.81. The molecular weight excluding hydrogens is 435 g/mol. The van der Waals surface area contributed by atoms with Crippen LogP contribution in [0.4, 0.5) is 13.2 Å². The van der Waals surface area contributed by atoms with Crippen LogP contribution in [0.5, 0.6) is 11.5 Å². The zero-order valence-corrected chi connectivity index (χ0v) is 18.4. The Morgan fingerprint density at radius 1 is 1.21 bits per heavy atom. The van der Waals surface area contributed by atoms with Gasteiger partial charge in [0.1, 0.15) is 11.7 Å². The Hall–Kier alpha value is -1.77. The van der Waals surface area contributed by atoms with Crippen molar-refractivity contribution >= 4 is 0 Å². The maximum absolute atomic E-state index is 14.1. The molecule has 3 fully saturated rings. The predicted octanol–water partition coefficient (Wildman–Crippen LogP) is 3.05. The van der Waals surface area contributed by atoms with E-state index in [9.17, 15) is 28.5 Å². The molecule has 2 saturated carbocycles. The van der Waals surface area contributed by atoms with Crippen LogP contribution >= 0.6 is 0 Å². The summed E-state index contributed by atoms with van der Waals surface area (Å²) in [6.07, 6.45) is 1.20. The van der Waals surface area contributed by atoms with Crippen LogP contribution in [0, 0.1) is 17.3 Å². The zero-order valence-electron chi connectivity index (χ0n) is 18.4. The lowest BCUT2D eigenvalue weighted by atomic mass is 9.36. The van der Waals surface area contributed by atoms with E-state index in [0.29, 0.717) is 24.5 Å². The Labute approximate surface area is 189 Å². The first-order chi connectivity index (χ1) is 15.5. The minimum absolute atomic E-state index is 0.0206. The van der Waals surface area contributed by atoms with Gasteiger partial charge in [0, 0.05) is 29.5 Å². The highest BCUT2D eigenvalue weighted by molar-refractivity contribution is 5.65. The molecule has 1 saturated heterocycles. The monoisotopic (exact) mass is 463 g/mol. The summed E-state index contributed by atoms with van der Waals surface area (Å²) in [6, 6.07) is 3.44. The average molecular weight is 463 g/mol. The molecule has 2 spiro atoms. The molecule has 0 radical (unpaired) electrons. The first-order valence-corrected chi connectivity index (χ1v) is 11.9. The van der Waals surface area contributed by atoms with Crippen molar-refractivity contribution in [1.82, 2.24) is 4.90 Å². The molecule has 7 aliphatic rings. The van der Waals surface area contributed by atoms with Crippen molar-refractivity contribution in [2.45, 2.75) is 74.0 Å². The van der Waals surface area contributed by atoms with Crippen molar-refractivity contribution in [2.24, 2.45) is 17.3 Å². The smallest absolute Gasteiger partial charge is 0.417 e. The number of halogens is 3. The first-order valence-electron chi connectivity index (χ1n) is 11.9. The quantitative estimate of drug-likeness (QED) is 0.601. The lowest BCUT2D eigenvalue weighted by molar-refractivity contribution is -0.318. The number of ether oxygens (including phenoxy) is 1. The van der Waals surface area contributed by atoms with Crippen LogP contribution in [0.2, 0.25) is 0 Å². The van der Waals surface area contributed by atoms with Crippen molar-refractivity contribution in [1.29, 1.82) is 0 Å². The van der Waals surface area contributed by atoms with Crippen LogP contribution in [0.15, 0.2) is 24.3 Å². The van der Waals surface area contributed by atoms with E-state index in [1.807, 2.05) is 12.1 Å². The van der Waals surface area contributed by atoms with Crippen molar-refractivity contribution in [3.63, 3.8) is 0 Å². The topological polar surface area (TPSA) is 73.2 Å². The van der Waals surface area contributed by atoms with Crippen molar-refractivity contribution in [2.75, 3.05) is 13.1 Å². The van der Waals surface area contributed by atoms with E-state index in [0.717, 1.165) is 31.1 Å². The molecular formula is C25H28F3NO4. The standard InChI is InChI=1S/C25H28F3NO4/c1-21(31,25(26,27)28)16-11-22-6-7-24(16,32)20-23(22)8-9-29(12-13-2-3-13)17(22)10-14-4-5-15(30)19(33-20)18(14)23/h4-7,13,16-17,20,30-32H,2-3,8-12H2,1H3/t16-,17-,20-,21-,22-,23+,24-/m1/s1. The molecule has 178 valence electrons. The summed E-state index contributed by atoms with van der Waals surface area (Å²) in [6.45, 7) is 2.48. The molecule has 4 bridgehead atoms. The normalized spacial score (nSPS) is 44.4. The lowest BCUT2D eigenvalue weighted by Gasteiger charge is -2.71. The van der Waals surface area contributed by atoms with Gasteiger partial charge in [-0.3, -0.25) is 4.90 Å². The minimum atomic E-state index is -4.90. The highest BCUT2D eigenvalue weighted by Crippen LogP contribution is 2.75. The maximum atomic E-state index is 14.1. The molecule has 33 heavy (non-hydrogen) atoms. The van der Waals surface area contributed by atoms with Gasteiger partial charge in [0.2, 0.25) is 0 Å². The van der Waals surface area contributed by atoms with Crippen molar-refractivity contribution in [3.05, 3.63) is 35.4 Å². The van der Waals surface area contributed by atoms with E-state index < -0.39 is 40.2 Å². The first kappa shape index (κ1) is 20.6. The van der Waals surface area contributed by atoms with Crippen LogP contribution in [-0.4, -0.2) is 62.8 Å². The Balaban J connectivity index is 1.48. The summed E-state index contributed by atoms with van der Waals surface area (Å²) < 4.78 is 48.5. The van der Waals surface area contributed by atoms with Gasteiger partial charge in [0.05, 0.1) is 5.41 Å². The van der Waals surface area contributed by atoms with Gasteiger partial charge in [-0.05, 0) is 63.1 Å². The molecule has 3 N–H and O–H groups in total. The fourth-order valence-electron chi connectivity index (χ4n) is 8.33. The van der Waals surface area contributed by atoms with Crippen LogP contribution in [0.1, 0.15) is 43.7 Å². The number of aliphatic hydroxyl groups is 2. The van der Waals surface area contributed by atoms with E-state index >= 15 is 0 Å². The van der Waals surface area contributed by atoms with Gasteiger partial charge in [-0.25, -0.2) is 0 Å². The van der Waals surface area contributed by atoms with E-state index in [1.54, 1.807) is 6.07 Å². The molecule has 8 rings (SSSR count). The molecule has 8 heteroatoms. The van der Waals surface area contributed by atoms with Gasteiger partial charge in [-0.15, -0.1) is 0 Å². The highest BCUT2D eigenvalue weighted by Gasteiger charge is 2.81. The number of likely N-dealkylation sites (tertiary alicyclic amines) is 1. The average Bonchev–Trinajstić information content (AvgIpc) is 3.48. The molecule has 0 unspecified atom stereocenters. The van der Waals surface area contributed by atoms with Gasteiger partial charge in [-0.2, -0.15) is 13.2 Å². The van der Waals surface area contributed by atoms with Gasteiger partial charge >= 0.3 is 6.18 Å². The van der Waals surface area contributed by atoms with Crippen LogP contribution in [-0.2, 0) is 11.8 Å². The van der Waals surface area contributed by atoms with E-state index in [4.69, 9.17) is 4.74 Å². The van der Waals surface area contributed by atoms with E-state index in [-0.39, 0.29) is 18.2 Å². The second-order valence-corrected chi connectivity index (χ2v) is 11.5. The number of hydrogen-bond acceptors (Lipinski definition) is 5. The summed E-state index contributed by atoms with van der Waals surface area (Å²) in [5, 5.41) is 33.4. The van der Waals surface area contributed by atoms with Gasteiger partial charge < -0.3 is 20.1 Å². The largest absolute Gasteiger partial charge is 0.504 e. The molecule has 5 aliphatic carbocycles. The second kappa shape index (κ2) is 5.71. The number of benzene rings is 1.